The Morgan fingerprint density at radius 2 is 1.94 bits per heavy atom. The van der Waals surface area contributed by atoms with Gasteiger partial charge in [0.05, 0.1) is 0 Å². The Hall–Kier alpha value is -1.28. The molecule has 0 unspecified atom stereocenters. The van der Waals surface area contributed by atoms with Crippen molar-refractivity contribution in [2.45, 2.75) is 26.2 Å². The van der Waals surface area contributed by atoms with Crippen molar-refractivity contribution in [3.63, 3.8) is 0 Å². The van der Waals surface area contributed by atoms with E-state index < -0.39 is 0 Å². The van der Waals surface area contributed by atoms with Crippen LogP contribution in [-0.2, 0) is 5.41 Å². The third-order valence-electron chi connectivity index (χ3n) is 2.64. The van der Waals surface area contributed by atoms with E-state index in [0.29, 0.717) is 10.4 Å². The first-order valence-corrected chi connectivity index (χ1v) is 5.55. The average molecular weight is 236 g/mol. The fourth-order valence-electron chi connectivity index (χ4n) is 1.75. The van der Waals surface area contributed by atoms with E-state index in [0.717, 1.165) is 10.9 Å². The molecule has 3 heteroatoms. The Bertz CT molecular complexity index is 543. The van der Waals surface area contributed by atoms with E-state index in [-0.39, 0.29) is 11.3 Å². The van der Waals surface area contributed by atoms with E-state index >= 15 is 0 Å². The lowest BCUT2D eigenvalue weighted by molar-refractivity contribution is 0.460. The van der Waals surface area contributed by atoms with E-state index in [1.54, 1.807) is 12.3 Å². The number of rotatable bonds is 0. The lowest BCUT2D eigenvalue weighted by Crippen LogP contribution is -2.11. The first-order chi connectivity index (χ1) is 7.39. The monoisotopic (exact) mass is 235 g/mol. The highest BCUT2D eigenvalue weighted by Crippen LogP contribution is 2.34. The van der Waals surface area contributed by atoms with Gasteiger partial charge in [-0.05, 0) is 34.6 Å². The number of fused-ring (bicyclic) bond motifs is 1. The molecule has 0 bridgehead atoms. The minimum Gasteiger partial charge on any atom is -0.493 e. The summed E-state index contributed by atoms with van der Waals surface area (Å²) in [4.78, 5) is 3.84. The zero-order valence-electron chi connectivity index (χ0n) is 9.58. The second-order valence-electron chi connectivity index (χ2n) is 4.94. The molecule has 0 spiro atoms. The summed E-state index contributed by atoms with van der Waals surface area (Å²) >= 11 is 6.22. The SMILES string of the molecule is CC(C)(C)c1cc2ccnc(O)c2cc1Cl. The van der Waals surface area contributed by atoms with Crippen LogP contribution in [0.25, 0.3) is 10.8 Å². The van der Waals surface area contributed by atoms with Gasteiger partial charge in [-0.2, -0.15) is 0 Å². The molecule has 2 aromatic rings. The predicted molar refractivity (Wildman–Crippen MR) is 67.1 cm³/mol. The quantitative estimate of drug-likeness (QED) is 0.752. The zero-order valence-corrected chi connectivity index (χ0v) is 10.3. The van der Waals surface area contributed by atoms with Gasteiger partial charge >= 0.3 is 0 Å². The van der Waals surface area contributed by atoms with Crippen molar-refractivity contribution in [1.29, 1.82) is 0 Å². The van der Waals surface area contributed by atoms with Crippen molar-refractivity contribution < 1.29 is 5.11 Å². The normalized spacial score (nSPS) is 12.0. The summed E-state index contributed by atoms with van der Waals surface area (Å²) in [5.74, 6) is 0.0276. The standard InChI is InChI=1S/C13H14ClNO/c1-13(2,3)10-6-8-4-5-15-12(16)9(8)7-11(10)14/h4-7H,1-3H3,(H,15,16). The van der Waals surface area contributed by atoms with Crippen molar-refractivity contribution in [2.24, 2.45) is 0 Å². The number of halogens is 1. The molecule has 0 radical (unpaired) electrons. The van der Waals surface area contributed by atoms with Crippen LogP contribution in [0, 0.1) is 0 Å². The van der Waals surface area contributed by atoms with Crippen molar-refractivity contribution in [3.8, 4) is 5.88 Å². The number of nitrogens with zero attached hydrogens (tertiary/aromatic N) is 1. The first-order valence-electron chi connectivity index (χ1n) is 5.17. The highest BCUT2D eigenvalue weighted by Gasteiger charge is 2.18. The van der Waals surface area contributed by atoms with Crippen LogP contribution in [0.5, 0.6) is 5.88 Å². The second kappa shape index (κ2) is 3.63. The molecule has 0 saturated carbocycles. The Balaban J connectivity index is 2.78. The van der Waals surface area contributed by atoms with Crippen molar-refractivity contribution in [2.75, 3.05) is 0 Å². The molecule has 1 N–H and O–H groups in total. The molecule has 2 nitrogen and oxygen atoms in total. The number of aromatic hydroxyl groups is 1. The summed E-state index contributed by atoms with van der Waals surface area (Å²) < 4.78 is 0. The van der Waals surface area contributed by atoms with E-state index in [1.807, 2.05) is 12.1 Å². The largest absolute Gasteiger partial charge is 0.493 e. The van der Waals surface area contributed by atoms with Crippen molar-refractivity contribution in [3.05, 3.63) is 35.0 Å². The van der Waals surface area contributed by atoms with Crippen LogP contribution in [0.2, 0.25) is 5.02 Å². The molecule has 0 aliphatic heterocycles. The van der Waals surface area contributed by atoms with Crippen LogP contribution in [0.4, 0.5) is 0 Å². The van der Waals surface area contributed by atoms with E-state index in [9.17, 15) is 5.11 Å². The van der Waals surface area contributed by atoms with Gasteiger partial charge in [-0.25, -0.2) is 4.98 Å². The predicted octanol–water partition coefficient (Wildman–Crippen LogP) is 3.89. The van der Waals surface area contributed by atoms with Gasteiger partial charge in [0, 0.05) is 16.6 Å². The molecular weight excluding hydrogens is 222 g/mol. The van der Waals surface area contributed by atoms with Crippen LogP contribution in [0.15, 0.2) is 24.4 Å². The van der Waals surface area contributed by atoms with Crippen LogP contribution in [0.1, 0.15) is 26.3 Å². The van der Waals surface area contributed by atoms with E-state index in [1.165, 1.54) is 0 Å². The molecule has 1 heterocycles. The molecule has 2 rings (SSSR count). The first kappa shape index (κ1) is 11.2. The Kier molecular flexibility index (Phi) is 2.55. The summed E-state index contributed by atoms with van der Waals surface area (Å²) in [6, 6.07) is 5.67. The van der Waals surface area contributed by atoms with Gasteiger partial charge in [0.2, 0.25) is 5.88 Å². The molecule has 1 aromatic carbocycles. The van der Waals surface area contributed by atoms with Gasteiger partial charge in [-0.15, -0.1) is 0 Å². The second-order valence-corrected chi connectivity index (χ2v) is 5.34. The highest BCUT2D eigenvalue weighted by molar-refractivity contribution is 6.32. The number of benzene rings is 1. The van der Waals surface area contributed by atoms with Crippen LogP contribution in [0.3, 0.4) is 0 Å². The molecule has 84 valence electrons. The molecule has 0 aliphatic rings. The zero-order chi connectivity index (χ0) is 11.9. The van der Waals surface area contributed by atoms with Crippen LogP contribution < -0.4 is 0 Å². The van der Waals surface area contributed by atoms with Crippen LogP contribution >= 0.6 is 11.6 Å². The third kappa shape index (κ3) is 1.85. The van der Waals surface area contributed by atoms with E-state index in [2.05, 4.69) is 25.8 Å². The number of hydrogen-bond donors (Lipinski definition) is 1. The smallest absolute Gasteiger partial charge is 0.218 e. The topological polar surface area (TPSA) is 33.1 Å². The molecule has 0 aliphatic carbocycles. The summed E-state index contributed by atoms with van der Waals surface area (Å²) in [7, 11) is 0. The fourth-order valence-corrected chi connectivity index (χ4v) is 2.20. The highest BCUT2D eigenvalue weighted by atomic mass is 35.5. The minimum atomic E-state index is -0.00976. The lowest BCUT2D eigenvalue weighted by atomic mass is 9.86. The van der Waals surface area contributed by atoms with Gasteiger partial charge in [0.1, 0.15) is 0 Å². The summed E-state index contributed by atoms with van der Waals surface area (Å²) in [5.41, 5.74) is 1.07. The molecule has 0 atom stereocenters. The Labute approximate surface area is 99.9 Å². The molecule has 16 heavy (non-hydrogen) atoms. The van der Waals surface area contributed by atoms with Crippen molar-refractivity contribution >= 4 is 22.4 Å². The molecule has 1 aromatic heterocycles. The average Bonchev–Trinajstić information content (AvgIpc) is 2.17. The lowest BCUT2D eigenvalue weighted by Gasteiger charge is -2.21. The summed E-state index contributed by atoms with van der Waals surface area (Å²) in [5, 5.41) is 11.9. The third-order valence-corrected chi connectivity index (χ3v) is 2.95. The van der Waals surface area contributed by atoms with Gasteiger partial charge in [0.15, 0.2) is 0 Å². The molecule has 0 fully saturated rings. The minimum absolute atomic E-state index is 0.00976. The maximum absolute atomic E-state index is 9.62. The number of aromatic nitrogens is 1. The molecular formula is C13H14ClNO. The Morgan fingerprint density at radius 1 is 1.25 bits per heavy atom. The van der Waals surface area contributed by atoms with Gasteiger partial charge in [-0.1, -0.05) is 32.4 Å². The van der Waals surface area contributed by atoms with Gasteiger partial charge < -0.3 is 5.11 Å². The van der Waals surface area contributed by atoms with E-state index in [4.69, 9.17) is 11.6 Å². The van der Waals surface area contributed by atoms with Gasteiger partial charge in [0.25, 0.3) is 0 Å². The van der Waals surface area contributed by atoms with Gasteiger partial charge in [-0.3, -0.25) is 0 Å². The number of pyridine rings is 1. The molecule has 0 saturated heterocycles. The maximum atomic E-state index is 9.62. The summed E-state index contributed by atoms with van der Waals surface area (Å²) in [6.45, 7) is 6.34. The summed E-state index contributed by atoms with van der Waals surface area (Å²) in [6.07, 6.45) is 1.60. The maximum Gasteiger partial charge on any atom is 0.218 e. The van der Waals surface area contributed by atoms with Crippen molar-refractivity contribution in [1.82, 2.24) is 4.98 Å². The molecule has 0 amide bonds. The number of hydrogen-bond acceptors (Lipinski definition) is 2. The Morgan fingerprint density at radius 3 is 2.56 bits per heavy atom. The fraction of sp³-hybridized carbons (Fsp3) is 0.308. The van der Waals surface area contributed by atoms with Crippen LogP contribution in [-0.4, -0.2) is 10.1 Å².